The van der Waals surface area contributed by atoms with E-state index in [0.29, 0.717) is 6.04 Å². The topological polar surface area (TPSA) is 51.2 Å². The van der Waals surface area contributed by atoms with E-state index in [-0.39, 0.29) is 0 Å². The quantitative estimate of drug-likeness (QED) is 0.616. The van der Waals surface area contributed by atoms with Crippen molar-refractivity contribution in [3.05, 3.63) is 24.2 Å². The zero-order chi connectivity index (χ0) is 11.4. The Bertz CT molecular complexity index is 386. The van der Waals surface area contributed by atoms with E-state index in [4.69, 9.17) is 10.3 Å². The Morgan fingerprint density at radius 2 is 2.12 bits per heavy atom. The predicted molar refractivity (Wildman–Crippen MR) is 64.8 cm³/mol. The Labute approximate surface area is 102 Å². The van der Waals surface area contributed by atoms with Crippen LogP contribution in [-0.4, -0.2) is 6.04 Å². The third-order valence-electron chi connectivity index (χ3n) is 5.47. The molecule has 1 aromatic heterocycles. The van der Waals surface area contributed by atoms with Gasteiger partial charge in [0.1, 0.15) is 5.76 Å². The molecule has 0 saturated heterocycles. The summed E-state index contributed by atoms with van der Waals surface area (Å²) >= 11 is 0. The molecule has 1 aromatic rings. The molecule has 2 bridgehead atoms. The lowest BCUT2D eigenvalue weighted by atomic mass is 9.95. The van der Waals surface area contributed by atoms with Crippen molar-refractivity contribution in [2.75, 3.05) is 0 Å². The van der Waals surface area contributed by atoms with Gasteiger partial charge in [0.2, 0.25) is 0 Å². The van der Waals surface area contributed by atoms with Crippen molar-refractivity contribution in [3.8, 4) is 0 Å². The highest BCUT2D eigenvalue weighted by Crippen LogP contribution is 2.70. The number of nitrogens with two attached hydrogens (primary N) is 1. The Balaban J connectivity index is 1.48. The lowest BCUT2D eigenvalue weighted by molar-refractivity contribution is 0.347. The maximum atomic E-state index is 5.75. The molecule has 0 aliphatic heterocycles. The van der Waals surface area contributed by atoms with E-state index in [9.17, 15) is 0 Å². The molecule has 3 aliphatic rings. The van der Waals surface area contributed by atoms with E-state index in [1.54, 1.807) is 6.26 Å². The van der Waals surface area contributed by atoms with Crippen molar-refractivity contribution in [1.82, 2.24) is 5.43 Å². The lowest BCUT2D eigenvalue weighted by Gasteiger charge is -2.18. The molecule has 3 saturated carbocycles. The Kier molecular flexibility index (Phi) is 2.15. The van der Waals surface area contributed by atoms with Crippen LogP contribution < -0.4 is 11.3 Å². The molecular formula is C14H20N2O. The first-order valence-corrected chi connectivity index (χ1v) is 6.87. The van der Waals surface area contributed by atoms with Crippen molar-refractivity contribution in [1.29, 1.82) is 0 Å². The summed E-state index contributed by atoms with van der Waals surface area (Å²) in [5, 5.41) is 0. The molecule has 0 radical (unpaired) electrons. The molecule has 17 heavy (non-hydrogen) atoms. The molecule has 3 heteroatoms. The maximum Gasteiger partial charge on any atom is 0.105 e. The zero-order valence-electron chi connectivity index (χ0n) is 10.0. The fourth-order valence-electron chi connectivity index (χ4n) is 4.88. The fraction of sp³-hybridized carbons (Fsp3) is 0.714. The Hall–Kier alpha value is -0.800. The molecule has 3 aliphatic carbocycles. The molecule has 4 rings (SSSR count). The van der Waals surface area contributed by atoms with Gasteiger partial charge in [-0.1, -0.05) is 0 Å². The minimum absolute atomic E-state index is 0.416. The first-order valence-electron chi connectivity index (χ1n) is 6.87. The van der Waals surface area contributed by atoms with Crippen molar-refractivity contribution in [3.63, 3.8) is 0 Å². The monoisotopic (exact) mass is 232 g/mol. The van der Waals surface area contributed by atoms with Gasteiger partial charge in [0.15, 0.2) is 0 Å². The number of nitrogens with one attached hydrogen (secondary N) is 1. The van der Waals surface area contributed by atoms with Crippen molar-refractivity contribution in [2.45, 2.75) is 31.7 Å². The first-order chi connectivity index (χ1) is 8.38. The number of furan rings is 1. The lowest BCUT2D eigenvalue weighted by Crippen LogP contribution is -2.40. The van der Waals surface area contributed by atoms with Gasteiger partial charge >= 0.3 is 0 Å². The molecule has 0 amide bonds. The normalized spacial score (nSPS) is 43.7. The third-order valence-corrected chi connectivity index (χ3v) is 5.47. The van der Waals surface area contributed by atoms with E-state index in [2.05, 4.69) is 11.5 Å². The molecular weight excluding hydrogens is 212 g/mol. The van der Waals surface area contributed by atoms with Crippen LogP contribution in [0, 0.1) is 29.6 Å². The standard InChI is InChI=1S/C14H20N2O/c15-16-11(7-10-2-1-5-17-10)14-12-8-3-4-9(6-8)13(12)14/h1-2,5,8-9,11-14,16H,3-4,6-7,15H2. The third kappa shape index (κ3) is 1.42. The van der Waals surface area contributed by atoms with Gasteiger partial charge in [0, 0.05) is 12.5 Å². The van der Waals surface area contributed by atoms with E-state index < -0.39 is 0 Å². The molecule has 1 heterocycles. The van der Waals surface area contributed by atoms with Gasteiger partial charge in [-0.05, 0) is 61.0 Å². The van der Waals surface area contributed by atoms with Crippen LogP contribution in [0.2, 0.25) is 0 Å². The summed E-state index contributed by atoms with van der Waals surface area (Å²) in [4.78, 5) is 0. The number of rotatable bonds is 4. The predicted octanol–water partition coefficient (Wildman–Crippen LogP) is 1.95. The molecule has 3 nitrogen and oxygen atoms in total. The summed E-state index contributed by atoms with van der Waals surface area (Å²) in [6.07, 6.45) is 7.14. The molecule has 5 atom stereocenters. The minimum Gasteiger partial charge on any atom is -0.469 e. The van der Waals surface area contributed by atoms with Gasteiger partial charge in [-0.15, -0.1) is 0 Å². The summed E-state index contributed by atoms with van der Waals surface area (Å²) < 4.78 is 5.44. The van der Waals surface area contributed by atoms with E-state index in [0.717, 1.165) is 41.8 Å². The summed E-state index contributed by atoms with van der Waals surface area (Å²) in [7, 11) is 0. The summed E-state index contributed by atoms with van der Waals surface area (Å²) in [6, 6.07) is 4.43. The van der Waals surface area contributed by atoms with E-state index in [1.807, 2.05) is 6.07 Å². The van der Waals surface area contributed by atoms with Gasteiger partial charge in [0.05, 0.1) is 6.26 Å². The zero-order valence-corrected chi connectivity index (χ0v) is 10.0. The van der Waals surface area contributed by atoms with Gasteiger partial charge in [0.25, 0.3) is 0 Å². The minimum atomic E-state index is 0.416. The van der Waals surface area contributed by atoms with E-state index >= 15 is 0 Å². The van der Waals surface area contributed by atoms with Crippen LogP contribution in [0.15, 0.2) is 22.8 Å². The van der Waals surface area contributed by atoms with Crippen LogP contribution in [0.1, 0.15) is 25.0 Å². The average Bonchev–Trinajstić information content (AvgIpc) is 2.82. The van der Waals surface area contributed by atoms with Gasteiger partial charge in [-0.25, -0.2) is 0 Å². The highest BCUT2D eigenvalue weighted by Gasteiger charge is 2.66. The number of fused-ring (bicyclic) bond motifs is 5. The second-order valence-electron chi connectivity index (χ2n) is 6.12. The molecule has 92 valence electrons. The summed E-state index contributed by atoms with van der Waals surface area (Å²) in [5.41, 5.74) is 3.04. The van der Waals surface area contributed by atoms with Crippen molar-refractivity contribution >= 4 is 0 Å². The highest BCUT2D eigenvalue weighted by atomic mass is 16.3. The molecule has 3 N–H and O–H groups in total. The largest absolute Gasteiger partial charge is 0.469 e. The van der Waals surface area contributed by atoms with Gasteiger partial charge < -0.3 is 4.42 Å². The average molecular weight is 232 g/mol. The van der Waals surface area contributed by atoms with Crippen LogP contribution in [0.4, 0.5) is 0 Å². The van der Waals surface area contributed by atoms with Crippen LogP contribution >= 0.6 is 0 Å². The smallest absolute Gasteiger partial charge is 0.105 e. The molecule has 3 fully saturated rings. The highest BCUT2D eigenvalue weighted by molar-refractivity contribution is 5.17. The first kappa shape index (κ1) is 10.2. The van der Waals surface area contributed by atoms with E-state index in [1.165, 1.54) is 19.3 Å². The second kappa shape index (κ2) is 3.59. The number of hydrogen-bond donors (Lipinski definition) is 2. The van der Waals surface area contributed by atoms with Crippen LogP contribution in [-0.2, 0) is 6.42 Å². The van der Waals surface area contributed by atoms with Gasteiger partial charge in [-0.2, -0.15) is 0 Å². The number of hydrogen-bond acceptors (Lipinski definition) is 3. The Morgan fingerprint density at radius 1 is 1.35 bits per heavy atom. The fourth-order valence-corrected chi connectivity index (χ4v) is 4.88. The summed E-state index contributed by atoms with van der Waals surface area (Å²) in [5.74, 6) is 11.6. The van der Waals surface area contributed by atoms with Gasteiger partial charge in [-0.3, -0.25) is 11.3 Å². The number of hydrazine groups is 1. The van der Waals surface area contributed by atoms with Crippen LogP contribution in [0.25, 0.3) is 0 Å². The SMILES string of the molecule is NNC(Cc1ccco1)C1C2C3CCC(C3)C21. The van der Waals surface area contributed by atoms with Crippen LogP contribution in [0.3, 0.4) is 0 Å². The maximum absolute atomic E-state index is 5.75. The van der Waals surface area contributed by atoms with Crippen molar-refractivity contribution in [2.24, 2.45) is 35.4 Å². The summed E-state index contributed by atoms with van der Waals surface area (Å²) in [6.45, 7) is 0. The molecule has 0 spiro atoms. The van der Waals surface area contributed by atoms with Crippen LogP contribution in [0.5, 0.6) is 0 Å². The molecule has 0 aromatic carbocycles. The second-order valence-corrected chi connectivity index (χ2v) is 6.12. The van der Waals surface area contributed by atoms with Crippen molar-refractivity contribution < 1.29 is 4.42 Å². The Morgan fingerprint density at radius 3 is 2.71 bits per heavy atom. The molecule has 5 unspecified atom stereocenters.